The summed E-state index contributed by atoms with van der Waals surface area (Å²) >= 11 is 0. The van der Waals surface area contributed by atoms with E-state index in [9.17, 15) is 9.59 Å². The monoisotopic (exact) mass is 210 g/mol. The molecule has 1 heterocycles. The largest absolute Gasteiger partial charge is 0.369 e. The van der Waals surface area contributed by atoms with Gasteiger partial charge in [0.25, 0.3) is 0 Å². The zero-order chi connectivity index (χ0) is 11.0. The fraction of sp³-hybridized carbons (Fsp3) is 0.818. The average molecular weight is 210 g/mol. The molecule has 2 N–H and O–H groups in total. The number of nitrogens with two attached hydrogens (primary N) is 1. The number of rotatable bonds is 2. The molecule has 0 aromatic rings. The molecule has 15 heavy (non-hydrogen) atoms. The molecule has 1 aliphatic carbocycles. The van der Waals surface area contributed by atoms with E-state index < -0.39 is 0 Å². The second kappa shape index (κ2) is 3.83. The van der Waals surface area contributed by atoms with Gasteiger partial charge in [-0.05, 0) is 32.6 Å². The molecule has 2 aliphatic rings. The predicted octanol–water partition coefficient (Wildman–Crippen LogP) is 0.509. The SMILES string of the molecule is CC1CCC(C(N)=O)CN1C(=O)C1CC1. The first kappa shape index (κ1) is 10.5. The summed E-state index contributed by atoms with van der Waals surface area (Å²) < 4.78 is 0. The van der Waals surface area contributed by atoms with Crippen molar-refractivity contribution < 1.29 is 9.59 Å². The number of nitrogens with zero attached hydrogens (tertiary/aromatic N) is 1. The van der Waals surface area contributed by atoms with Gasteiger partial charge in [0.1, 0.15) is 0 Å². The van der Waals surface area contributed by atoms with E-state index in [0.29, 0.717) is 6.54 Å². The minimum absolute atomic E-state index is 0.135. The smallest absolute Gasteiger partial charge is 0.225 e. The van der Waals surface area contributed by atoms with Crippen LogP contribution in [0.3, 0.4) is 0 Å². The first-order chi connectivity index (χ1) is 7.09. The maximum atomic E-state index is 11.9. The van der Waals surface area contributed by atoms with E-state index in [1.807, 2.05) is 4.90 Å². The van der Waals surface area contributed by atoms with Crippen molar-refractivity contribution >= 4 is 11.8 Å². The molecular weight excluding hydrogens is 192 g/mol. The average Bonchev–Trinajstić information content (AvgIpc) is 3.00. The first-order valence-corrected chi connectivity index (χ1v) is 5.69. The zero-order valence-corrected chi connectivity index (χ0v) is 9.11. The molecule has 84 valence electrons. The number of hydrogen-bond donors (Lipinski definition) is 1. The van der Waals surface area contributed by atoms with Gasteiger partial charge >= 0.3 is 0 Å². The minimum atomic E-state index is -0.268. The Morgan fingerprint density at radius 3 is 2.27 bits per heavy atom. The molecule has 2 rings (SSSR count). The Balaban J connectivity index is 2.01. The summed E-state index contributed by atoms with van der Waals surface area (Å²) in [7, 11) is 0. The van der Waals surface area contributed by atoms with Gasteiger partial charge in [0.15, 0.2) is 0 Å². The van der Waals surface area contributed by atoms with Gasteiger partial charge in [0.05, 0.1) is 5.92 Å². The molecular formula is C11H18N2O2. The molecule has 2 amide bonds. The third-order valence-corrected chi connectivity index (χ3v) is 3.49. The van der Waals surface area contributed by atoms with Gasteiger partial charge in [0, 0.05) is 18.5 Å². The lowest BCUT2D eigenvalue weighted by atomic mass is 9.92. The van der Waals surface area contributed by atoms with Crippen molar-refractivity contribution in [3.05, 3.63) is 0 Å². The number of likely N-dealkylation sites (tertiary alicyclic amines) is 1. The molecule has 2 unspecified atom stereocenters. The molecule has 0 bridgehead atoms. The van der Waals surface area contributed by atoms with Gasteiger partial charge in [0.2, 0.25) is 11.8 Å². The van der Waals surface area contributed by atoms with Crippen LogP contribution < -0.4 is 5.73 Å². The minimum Gasteiger partial charge on any atom is -0.369 e. The van der Waals surface area contributed by atoms with Crippen molar-refractivity contribution in [1.29, 1.82) is 0 Å². The van der Waals surface area contributed by atoms with Crippen LogP contribution in [0.4, 0.5) is 0 Å². The van der Waals surface area contributed by atoms with Gasteiger partial charge in [-0.1, -0.05) is 0 Å². The summed E-state index contributed by atoms with van der Waals surface area (Å²) in [4.78, 5) is 24.9. The van der Waals surface area contributed by atoms with Gasteiger partial charge < -0.3 is 10.6 Å². The lowest BCUT2D eigenvalue weighted by Gasteiger charge is -2.37. The normalized spacial score (nSPS) is 31.4. The summed E-state index contributed by atoms with van der Waals surface area (Å²) in [5.74, 6) is 0.0620. The second-order valence-corrected chi connectivity index (χ2v) is 4.79. The molecule has 0 aromatic carbocycles. The molecule has 1 saturated heterocycles. The predicted molar refractivity (Wildman–Crippen MR) is 55.8 cm³/mol. The van der Waals surface area contributed by atoms with Crippen LogP contribution in [0.1, 0.15) is 32.6 Å². The van der Waals surface area contributed by atoms with Crippen molar-refractivity contribution in [2.45, 2.75) is 38.6 Å². The molecule has 4 heteroatoms. The maximum Gasteiger partial charge on any atom is 0.225 e. The number of piperidine rings is 1. The second-order valence-electron chi connectivity index (χ2n) is 4.79. The van der Waals surface area contributed by atoms with Crippen LogP contribution >= 0.6 is 0 Å². The molecule has 4 nitrogen and oxygen atoms in total. The van der Waals surface area contributed by atoms with Crippen LogP contribution in [0, 0.1) is 11.8 Å². The maximum absolute atomic E-state index is 11.9. The highest BCUT2D eigenvalue weighted by Crippen LogP contribution is 2.34. The number of primary amides is 1. The van der Waals surface area contributed by atoms with Gasteiger partial charge in [-0.25, -0.2) is 0 Å². The molecule has 1 aliphatic heterocycles. The van der Waals surface area contributed by atoms with Crippen LogP contribution in [0.25, 0.3) is 0 Å². The highest BCUT2D eigenvalue weighted by molar-refractivity contribution is 5.83. The van der Waals surface area contributed by atoms with Gasteiger partial charge in [-0.2, -0.15) is 0 Å². The Morgan fingerprint density at radius 2 is 1.73 bits per heavy atom. The van der Waals surface area contributed by atoms with Crippen molar-refractivity contribution in [3.8, 4) is 0 Å². The number of carbonyl (C=O) groups excluding carboxylic acids is 2. The lowest BCUT2D eigenvalue weighted by Crippen LogP contribution is -2.49. The lowest BCUT2D eigenvalue weighted by molar-refractivity contribution is -0.138. The van der Waals surface area contributed by atoms with Crippen LogP contribution in [-0.4, -0.2) is 29.3 Å². The van der Waals surface area contributed by atoms with Crippen molar-refractivity contribution in [3.63, 3.8) is 0 Å². The number of amides is 2. The summed E-state index contributed by atoms with van der Waals surface area (Å²) in [6, 6.07) is 0.272. The third kappa shape index (κ3) is 2.13. The van der Waals surface area contributed by atoms with Crippen LogP contribution in [0.15, 0.2) is 0 Å². The Kier molecular flexibility index (Phi) is 2.67. The van der Waals surface area contributed by atoms with E-state index in [-0.39, 0.29) is 29.7 Å². The Bertz CT molecular complexity index is 286. The summed E-state index contributed by atoms with van der Waals surface area (Å²) in [6.07, 6.45) is 3.75. The zero-order valence-electron chi connectivity index (χ0n) is 9.11. The molecule has 2 atom stereocenters. The molecule has 1 saturated carbocycles. The van der Waals surface area contributed by atoms with Crippen LogP contribution in [0.5, 0.6) is 0 Å². The number of carbonyl (C=O) groups is 2. The van der Waals surface area contributed by atoms with Gasteiger partial charge in [-0.15, -0.1) is 0 Å². The summed E-state index contributed by atoms with van der Waals surface area (Å²) in [5, 5.41) is 0. The molecule has 2 fully saturated rings. The van der Waals surface area contributed by atoms with Crippen molar-refractivity contribution in [1.82, 2.24) is 4.90 Å². The topological polar surface area (TPSA) is 63.4 Å². The van der Waals surface area contributed by atoms with E-state index in [0.717, 1.165) is 25.7 Å². The van der Waals surface area contributed by atoms with E-state index in [1.165, 1.54) is 0 Å². The fourth-order valence-corrected chi connectivity index (χ4v) is 2.21. The van der Waals surface area contributed by atoms with Crippen molar-refractivity contribution in [2.75, 3.05) is 6.54 Å². The van der Waals surface area contributed by atoms with Gasteiger partial charge in [-0.3, -0.25) is 9.59 Å². The molecule has 0 spiro atoms. The quantitative estimate of drug-likeness (QED) is 0.721. The summed E-state index contributed by atoms with van der Waals surface area (Å²) in [5.41, 5.74) is 5.29. The number of hydrogen-bond acceptors (Lipinski definition) is 2. The van der Waals surface area contributed by atoms with Crippen LogP contribution in [-0.2, 0) is 9.59 Å². The Hall–Kier alpha value is -1.06. The Morgan fingerprint density at radius 1 is 1.13 bits per heavy atom. The fourth-order valence-electron chi connectivity index (χ4n) is 2.21. The third-order valence-electron chi connectivity index (χ3n) is 3.49. The Labute approximate surface area is 89.8 Å². The molecule has 0 aromatic heterocycles. The first-order valence-electron chi connectivity index (χ1n) is 5.69. The van der Waals surface area contributed by atoms with E-state index in [2.05, 4.69) is 6.92 Å². The van der Waals surface area contributed by atoms with E-state index in [1.54, 1.807) is 0 Å². The standard InChI is InChI=1S/C11H18N2O2/c1-7-2-3-9(10(12)14)6-13(7)11(15)8-4-5-8/h7-9H,2-6H2,1H3,(H2,12,14). The highest BCUT2D eigenvalue weighted by Gasteiger charge is 2.38. The van der Waals surface area contributed by atoms with Crippen LogP contribution in [0.2, 0.25) is 0 Å². The van der Waals surface area contributed by atoms with Crippen molar-refractivity contribution in [2.24, 2.45) is 17.6 Å². The molecule has 0 radical (unpaired) electrons. The van der Waals surface area contributed by atoms with E-state index >= 15 is 0 Å². The summed E-state index contributed by atoms with van der Waals surface area (Å²) in [6.45, 7) is 2.59. The highest BCUT2D eigenvalue weighted by atomic mass is 16.2. The van der Waals surface area contributed by atoms with E-state index in [4.69, 9.17) is 5.73 Å².